The average molecular weight is 348 g/mol. The van der Waals surface area contributed by atoms with E-state index in [4.69, 9.17) is 34.8 Å². The Morgan fingerprint density at radius 2 is 1.09 bits per heavy atom. The third-order valence-electron chi connectivity index (χ3n) is 3.67. The zero-order chi connectivity index (χ0) is 15.6. The van der Waals surface area contributed by atoms with Crippen molar-refractivity contribution in [2.75, 3.05) is 0 Å². The van der Waals surface area contributed by atoms with Crippen molar-refractivity contribution in [3.8, 4) is 0 Å². The number of rotatable bonds is 3. The maximum Gasteiger partial charge on any atom is 0.121 e. The molecule has 110 valence electrons. The highest BCUT2D eigenvalue weighted by Crippen LogP contribution is 2.46. The second-order valence-electron chi connectivity index (χ2n) is 4.99. The molecule has 3 aromatic carbocycles. The second kappa shape index (κ2) is 6.34. The molecule has 0 spiro atoms. The van der Waals surface area contributed by atoms with Crippen LogP contribution in [0.15, 0.2) is 78.9 Å². The maximum absolute atomic E-state index is 7.15. The molecular weight excluding hydrogens is 335 g/mol. The van der Waals surface area contributed by atoms with Crippen LogP contribution in [0.2, 0.25) is 10.0 Å². The normalized spacial score (nSPS) is 11.4. The lowest BCUT2D eigenvalue weighted by Crippen LogP contribution is -2.22. The molecule has 0 unspecified atom stereocenters. The van der Waals surface area contributed by atoms with Crippen molar-refractivity contribution in [3.05, 3.63) is 106 Å². The summed E-state index contributed by atoms with van der Waals surface area (Å²) in [7, 11) is 0. The van der Waals surface area contributed by atoms with Crippen LogP contribution in [0, 0.1) is 0 Å². The summed E-state index contributed by atoms with van der Waals surface area (Å²) in [4.78, 5) is -0.884. The van der Waals surface area contributed by atoms with Gasteiger partial charge in [-0.1, -0.05) is 96.0 Å². The largest absolute Gasteiger partial charge is 0.121 e. The van der Waals surface area contributed by atoms with Crippen molar-refractivity contribution in [2.24, 2.45) is 0 Å². The van der Waals surface area contributed by atoms with Crippen molar-refractivity contribution >= 4 is 34.8 Å². The van der Waals surface area contributed by atoms with Gasteiger partial charge in [-0.15, -0.1) is 11.6 Å². The molecule has 0 N–H and O–H groups in total. The summed E-state index contributed by atoms with van der Waals surface area (Å²) in [6.45, 7) is 0. The quantitative estimate of drug-likeness (QED) is 0.373. The predicted molar refractivity (Wildman–Crippen MR) is 95.1 cm³/mol. The van der Waals surface area contributed by atoms with Gasteiger partial charge in [-0.3, -0.25) is 0 Å². The molecule has 0 bridgehead atoms. The summed E-state index contributed by atoms with van der Waals surface area (Å²) in [6, 6.07) is 25.3. The van der Waals surface area contributed by atoms with Crippen LogP contribution in [0.5, 0.6) is 0 Å². The smallest absolute Gasteiger partial charge is 0.103 e. The van der Waals surface area contributed by atoms with Gasteiger partial charge < -0.3 is 0 Å². The molecule has 0 aromatic heterocycles. The van der Waals surface area contributed by atoms with E-state index < -0.39 is 4.87 Å². The van der Waals surface area contributed by atoms with Gasteiger partial charge >= 0.3 is 0 Å². The van der Waals surface area contributed by atoms with Crippen molar-refractivity contribution in [3.63, 3.8) is 0 Å². The van der Waals surface area contributed by atoms with Gasteiger partial charge in [0.2, 0.25) is 0 Å². The fraction of sp³-hybridized carbons (Fsp3) is 0.0526. The summed E-state index contributed by atoms with van der Waals surface area (Å²) in [6.07, 6.45) is 0. The molecule has 0 radical (unpaired) electrons. The molecule has 0 aliphatic heterocycles. The van der Waals surface area contributed by atoms with E-state index in [0.717, 1.165) is 16.7 Å². The minimum absolute atomic E-state index is 0.479. The molecule has 3 aromatic rings. The van der Waals surface area contributed by atoms with Gasteiger partial charge in [-0.25, -0.2) is 0 Å². The Bertz CT molecular complexity index is 728. The molecule has 0 aliphatic rings. The number of hydrogen-bond acceptors (Lipinski definition) is 0. The third-order valence-corrected chi connectivity index (χ3v) is 5.12. The van der Waals surface area contributed by atoms with Gasteiger partial charge in [0.15, 0.2) is 0 Å². The van der Waals surface area contributed by atoms with Gasteiger partial charge in [-0.2, -0.15) is 0 Å². The molecule has 0 fully saturated rings. The van der Waals surface area contributed by atoms with E-state index >= 15 is 0 Å². The van der Waals surface area contributed by atoms with Gasteiger partial charge in [0.25, 0.3) is 0 Å². The van der Waals surface area contributed by atoms with Crippen LogP contribution in [-0.4, -0.2) is 0 Å². The highest BCUT2D eigenvalue weighted by molar-refractivity contribution is 6.43. The summed E-state index contributed by atoms with van der Waals surface area (Å²) in [5, 5.41) is 0.975. The molecular formula is C19H13Cl3. The highest BCUT2D eigenvalue weighted by Gasteiger charge is 2.36. The fourth-order valence-corrected chi connectivity index (χ4v) is 3.48. The summed E-state index contributed by atoms with van der Waals surface area (Å²) in [5.74, 6) is 0. The standard InChI is InChI=1S/C19H13Cl3/c20-17-13-7-12-16(18(17)21)19(22,14-8-3-1-4-9-14)15-10-5-2-6-11-15/h1-13H. The molecule has 0 aliphatic carbocycles. The predicted octanol–water partition coefficient (Wildman–Crippen LogP) is 6.52. The van der Waals surface area contributed by atoms with E-state index in [0.29, 0.717) is 10.0 Å². The first kappa shape index (κ1) is 15.4. The Morgan fingerprint density at radius 3 is 1.59 bits per heavy atom. The van der Waals surface area contributed by atoms with E-state index in [2.05, 4.69) is 0 Å². The molecule has 22 heavy (non-hydrogen) atoms. The zero-order valence-corrected chi connectivity index (χ0v) is 13.9. The Labute approximate surface area is 145 Å². The summed E-state index contributed by atoms with van der Waals surface area (Å²) >= 11 is 19.8. The monoisotopic (exact) mass is 346 g/mol. The van der Waals surface area contributed by atoms with Gasteiger partial charge in [0.05, 0.1) is 10.0 Å². The Kier molecular flexibility index (Phi) is 4.44. The first-order valence-electron chi connectivity index (χ1n) is 6.88. The van der Waals surface area contributed by atoms with Crippen molar-refractivity contribution in [2.45, 2.75) is 4.87 Å². The van der Waals surface area contributed by atoms with Crippen molar-refractivity contribution in [1.82, 2.24) is 0 Å². The highest BCUT2D eigenvalue weighted by atomic mass is 35.5. The molecule has 0 amide bonds. The maximum atomic E-state index is 7.15. The summed E-state index contributed by atoms with van der Waals surface area (Å²) in [5.41, 5.74) is 2.68. The zero-order valence-electron chi connectivity index (χ0n) is 11.6. The fourth-order valence-electron chi connectivity index (χ4n) is 2.58. The molecule has 0 atom stereocenters. The van der Waals surface area contributed by atoms with E-state index in [1.807, 2.05) is 72.8 Å². The van der Waals surface area contributed by atoms with Crippen LogP contribution >= 0.6 is 34.8 Å². The lowest BCUT2D eigenvalue weighted by molar-refractivity contribution is 0.880. The first-order chi connectivity index (χ1) is 10.6. The number of hydrogen-bond donors (Lipinski definition) is 0. The van der Waals surface area contributed by atoms with Crippen molar-refractivity contribution in [1.29, 1.82) is 0 Å². The van der Waals surface area contributed by atoms with Crippen molar-refractivity contribution < 1.29 is 0 Å². The minimum Gasteiger partial charge on any atom is -0.103 e. The van der Waals surface area contributed by atoms with Gasteiger partial charge in [0.1, 0.15) is 4.87 Å². The van der Waals surface area contributed by atoms with Crippen LogP contribution in [-0.2, 0) is 4.87 Å². The third kappa shape index (κ3) is 2.63. The Morgan fingerprint density at radius 1 is 0.591 bits per heavy atom. The molecule has 0 heterocycles. The number of benzene rings is 3. The van der Waals surface area contributed by atoms with E-state index in [-0.39, 0.29) is 0 Å². The van der Waals surface area contributed by atoms with Gasteiger partial charge in [0, 0.05) is 5.56 Å². The Hall–Kier alpha value is -1.47. The van der Waals surface area contributed by atoms with Crippen LogP contribution in [0.25, 0.3) is 0 Å². The van der Waals surface area contributed by atoms with Crippen LogP contribution in [0.3, 0.4) is 0 Å². The lowest BCUT2D eigenvalue weighted by Gasteiger charge is -2.30. The summed E-state index contributed by atoms with van der Waals surface area (Å²) < 4.78 is 0. The molecule has 3 rings (SSSR count). The SMILES string of the molecule is Clc1cccc(C(Cl)(c2ccccc2)c2ccccc2)c1Cl. The number of halogens is 3. The number of alkyl halides is 1. The first-order valence-corrected chi connectivity index (χ1v) is 8.02. The van der Waals surface area contributed by atoms with Crippen LogP contribution in [0.4, 0.5) is 0 Å². The average Bonchev–Trinajstić information content (AvgIpc) is 2.58. The second-order valence-corrected chi connectivity index (χ2v) is 6.34. The van der Waals surface area contributed by atoms with E-state index in [1.54, 1.807) is 6.07 Å². The Balaban J connectivity index is 2.31. The molecule has 0 saturated heterocycles. The molecule has 3 heteroatoms. The van der Waals surface area contributed by atoms with Gasteiger partial charge in [-0.05, 0) is 17.2 Å². The molecule has 0 nitrogen and oxygen atoms in total. The van der Waals surface area contributed by atoms with Crippen LogP contribution in [0.1, 0.15) is 16.7 Å². The van der Waals surface area contributed by atoms with E-state index in [1.165, 1.54) is 0 Å². The topological polar surface area (TPSA) is 0 Å². The van der Waals surface area contributed by atoms with Crippen LogP contribution < -0.4 is 0 Å². The molecule has 0 saturated carbocycles. The van der Waals surface area contributed by atoms with E-state index in [9.17, 15) is 0 Å². The minimum atomic E-state index is -0.884. The lowest BCUT2D eigenvalue weighted by atomic mass is 9.84.